The van der Waals surface area contributed by atoms with Crippen molar-refractivity contribution < 1.29 is 34.8 Å². The molecule has 2 aliphatic heterocycles. The van der Waals surface area contributed by atoms with Crippen LogP contribution in [0.1, 0.15) is 35.0 Å². The summed E-state index contributed by atoms with van der Waals surface area (Å²) in [6.07, 6.45) is 0.595. The quantitative estimate of drug-likeness (QED) is 0.421. The number of guanidine groups is 1. The lowest BCUT2D eigenvalue weighted by Gasteiger charge is -2.48. The van der Waals surface area contributed by atoms with Crippen LogP contribution in [0.4, 0.5) is 18.9 Å². The van der Waals surface area contributed by atoms with Crippen LogP contribution in [-0.4, -0.2) is 67.2 Å². The molecule has 1 fully saturated rings. The SMILES string of the molecule is CN1C(N)=N[C@](C)(c2cc(NC(=O)c3ccc(F)cn3)ccc2F)[C@@]2(CCN(S(=O)(=O)Cc3ccc(F)cc3)C2)S1(=O)=O. The first-order valence-electron chi connectivity index (χ1n) is 12.9. The molecule has 0 bridgehead atoms. The molecule has 16 heteroatoms. The van der Waals surface area contributed by atoms with Gasteiger partial charge in [-0.1, -0.05) is 12.1 Å². The number of aliphatic imine (C=N–C) groups is 1. The van der Waals surface area contributed by atoms with Crippen LogP contribution in [0.3, 0.4) is 0 Å². The number of aromatic nitrogens is 1. The number of rotatable bonds is 6. The second-order valence-electron chi connectivity index (χ2n) is 10.5. The van der Waals surface area contributed by atoms with Crippen LogP contribution in [0.15, 0.2) is 65.8 Å². The second kappa shape index (κ2) is 10.6. The number of halogens is 3. The van der Waals surface area contributed by atoms with Crippen molar-refractivity contribution >= 4 is 37.6 Å². The van der Waals surface area contributed by atoms with Gasteiger partial charge >= 0.3 is 0 Å². The average molecular weight is 637 g/mol. The number of nitrogens with one attached hydrogen (secondary N) is 1. The molecule has 228 valence electrons. The van der Waals surface area contributed by atoms with E-state index in [1.807, 2.05) is 0 Å². The maximum Gasteiger partial charge on any atom is 0.274 e. The molecule has 1 amide bonds. The number of sulfonamides is 2. The van der Waals surface area contributed by atoms with Crippen LogP contribution >= 0.6 is 0 Å². The number of pyridine rings is 1. The second-order valence-corrected chi connectivity index (χ2v) is 14.7. The summed E-state index contributed by atoms with van der Waals surface area (Å²) in [6.45, 7) is 0.550. The van der Waals surface area contributed by atoms with Crippen LogP contribution in [0.5, 0.6) is 0 Å². The molecule has 1 spiro atoms. The third-order valence-electron chi connectivity index (χ3n) is 7.96. The first-order valence-corrected chi connectivity index (χ1v) is 15.9. The summed E-state index contributed by atoms with van der Waals surface area (Å²) < 4.78 is 97.0. The van der Waals surface area contributed by atoms with Gasteiger partial charge in [-0.2, -0.15) is 4.31 Å². The topological polar surface area (TPSA) is 155 Å². The normalized spacial score (nSPS) is 23.7. The Balaban J connectivity index is 1.56. The summed E-state index contributed by atoms with van der Waals surface area (Å²) in [5.41, 5.74) is 4.01. The van der Waals surface area contributed by atoms with Crippen molar-refractivity contribution in [3.8, 4) is 0 Å². The van der Waals surface area contributed by atoms with Crippen molar-refractivity contribution in [2.45, 2.75) is 29.4 Å². The van der Waals surface area contributed by atoms with E-state index in [2.05, 4.69) is 15.3 Å². The summed E-state index contributed by atoms with van der Waals surface area (Å²) >= 11 is 0. The molecule has 2 aromatic carbocycles. The van der Waals surface area contributed by atoms with Crippen LogP contribution < -0.4 is 11.1 Å². The summed E-state index contributed by atoms with van der Waals surface area (Å²) in [5.74, 6) is -3.76. The van der Waals surface area contributed by atoms with E-state index >= 15 is 4.39 Å². The molecule has 0 unspecified atom stereocenters. The molecule has 3 heterocycles. The third-order valence-corrected chi connectivity index (χ3v) is 12.4. The number of hydrogen-bond donors (Lipinski definition) is 2. The van der Waals surface area contributed by atoms with Gasteiger partial charge in [-0.3, -0.25) is 4.79 Å². The molecule has 3 aromatic rings. The van der Waals surface area contributed by atoms with Crippen LogP contribution in [0.25, 0.3) is 0 Å². The Labute approximate surface area is 246 Å². The maximum absolute atomic E-state index is 15.6. The number of hydrogen-bond acceptors (Lipinski definition) is 8. The van der Waals surface area contributed by atoms with E-state index in [0.717, 1.165) is 45.1 Å². The number of amides is 1. The highest BCUT2D eigenvalue weighted by Crippen LogP contribution is 2.52. The van der Waals surface area contributed by atoms with Gasteiger partial charge in [0.15, 0.2) is 0 Å². The minimum absolute atomic E-state index is 0.0489. The molecule has 1 aromatic heterocycles. The van der Waals surface area contributed by atoms with Crippen molar-refractivity contribution in [1.29, 1.82) is 0 Å². The van der Waals surface area contributed by atoms with Crippen molar-refractivity contribution in [2.24, 2.45) is 10.7 Å². The summed E-state index contributed by atoms with van der Waals surface area (Å²) in [6, 6.07) is 10.5. The molecule has 5 rings (SSSR count). The largest absolute Gasteiger partial charge is 0.369 e. The maximum atomic E-state index is 15.6. The lowest BCUT2D eigenvalue weighted by atomic mass is 9.78. The molecular formula is C27H27F3N6O5S2. The number of anilines is 1. The van der Waals surface area contributed by atoms with Crippen LogP contribution in [0, 0.1) is 17.5 Å². The Hall–Kier alpha value is -4.02. The molecular weight excluding hydrogens is 609 g/mol. The lowest BCUT2D eigenvalue weighted by molar-refractivity contribution is 0.102. The predicted octanol–water partition coefficient (Wildman–Crippen LogP) is 2.53. The number of carbonyl (C=O) groups excluding carboxylic acids is 1. The van der Waals surface area contributed by atoms with Gasteiger partial charge in [0.25, 0.3) is 5.91 Å². The van der Waals surface area contributed by atoms with E-state index in [0.29, 0.717) is 5.56 Å². The number of benzene rings is 2. The molecule has 2 atom stereocenters. The zero-order chi connectivity index (χ0) is 31.4. The van der Waals surface area contributed by atoms with E-state index in [9.17, 15) is 30.4 Å². The van der Waals surface area contributed by atoms with Gasteiger partial charge < -0.3 is 11.1 Å². The van der Waals surface area contributed by atoms with Gasteiger partial charge in [-0.15, -0.1) is 0 Å². The molecule has 2 aliphatic rings. The first-order chi connectivity index (χ1) is 20.1. The van der Waals surface area contributed by atoms with Crippen molar-refractivity contribution in [3.05, 3.63) is 95.1 Å². The minimum Gasteiger partial charge on any atom is -0.369 e. The van der Waals surface area contributed by atoms with Gasteiger partial charge in [0.05, 0.1) is 11.9 Å². The Morgan fingerprint density at radius 1 is 1.07 bits per heavy atom. The highest BCUT2D eigenvalue weighted by molar-refractivity contribution is 7.91. The van der Waals surface area contributed by atoms with E-state index < -0.39 is 71.9 Å². The van der Waals surface area contributed by atoms with E-state index in [1.54, 1.807) is 0 Å². The zero-order valence-corrected chi connectivity index (χ0v) is 24.6. The van der Waals surface area contributed by atoms with Gasteiger partial charge in [-0.25, -0.2) is 44.3 Å². The first kappa shape index (κ1) is 30.4. The summed E-state index contributed by atoms with van der Waals surface area (Å²) in [5, 5.41) is 2.52. The lowest BCUT2D eigenvalue weighted by Crippen LogP contribution is -2.66. The zero-order valence-electron chi connectivity index (χ0n) is 23.0. The molecule has 0 aliphatic carbocycles. The van der Waals surface area contributed by atoms with Gasteiger partial charge in [0, 0.05) is 31.4 Å². The minimum atomic E-state index is -4.46. The van der Waals surface area contributed by atoms with Gasteiger partial charge in [0.2, 0.25) is 26.0 Å². The molecule has 0 radical (unpaired) electrons. The van der Waals surface area contributed by atoms with E-state index in [-0.39, 0.29) is 29.9 Å². The Morgan fingerprint density at radius 2 is 1.74 bits per heavy atom. The predicted molar refractivity (Wildman–Crippen MR) is 152 cm³/mol. The Bertz CT molecular complexity index is 1840. The highest BCUT2D eigenvalue weighted by Gasteiger charge is 2.67. The van der Waals surface area contributed by atoms with Crippen LogP contribution in [0.2, 0.25) is 0 Å². The van der Waals surface area contributed by atoms with Crippen molar-refractivity contribution in [1.82, 2.24) is 13.6 Å². The van der Waals surface area contributed by atoms with E-state index in [1.165, 1.54) is 38.2 Å². The number of carbonyl (C=O) groups is 1. The van der Waals surface area contributed by atoms with Crippen molar-refractivity contribution in [2.75, 3.05) is 25.5 Å². The number of nitrogens with zero attached hydrogens (tertiary/aromatic N) is 4. The van der Waals surface area contributed by atoms with Gasteiger partial charge in [-0.05, 0) is 61.4 Å². The van der Waals surface area contributed by atoms with E-state index in [4.69, 9.17) is 5.73 Å². The van der Waals surface area contributed by atoms with Crippen LogP contribution in [-0.2, 0) is 31.3 Å². The standard InChI is InChI=1S/C27H27F3N6O5S2/c1-26(21-13-20(8-9-22(21)30)33-24(37)23-10-7-19(29)14-32-23)27(43(40,41)35(2)25(31)34-26)11-12-36(16-27)42(38,39)15-17-3-5-18(28)6-4-17/h3-10,13-14H,11-12,15-16H2,1-2H3,(H2,31,34)(H,33,37)/t26-,27+/m1/s1. The summed E-state index contributed by atoms with van der Waals surface area (Å²) in [4.78, 5) is 20.9. The fraction of sp³-hybridized carbons (Fsp3) is 0.296. The fourth-order valence-corrected chi connectivity index (χ4v) is 9.30. The van der Waals surface area contributed by atoms with Gasteiger partial charge in [0.1, 0.15) is 33.4 Å². The molecule has 11 nitrogen and oxygen atoms in total. The number of nitrogens with two attached hydrogens (primary N) is 1. The monoisotopic (exact) mass is 636 g/mol. The molecule has 43 heavy (non-hydrogen) atoms. The fourth-order valence-electron chi connectivity index (χ4n) is 5.50. The average Bonchev–Trinajstić information content (AvgIpc) is 3.43. The Kier molecular flexibility index (Phi) is 7.51. The Morgan fingerprint density at radius 3 is 2.40 bits per heavy atom. The molecule has 0 saturated carbocycles. The smallest absolute Gasteiger partial charge is 0.274 e. The highest BCUT2D eigenvalue weighted by atomic mass is 32.2. The third kappa shape index (κ3) is 5.12. The summed E-state index contributed by atoms with van der Waals surface area (Å²) in [7, 11) is -7.40. The molecule has 3 N–H and O–H groups in total. The van der Waals surface area contributed by atoms with Crippen molar-refractivity contribution in [3.63, 3.8) is 0 Å². The molecule has 1 saturated heterocycles.